The molecule has 0 bridgehead atoms. The van der Waals surface area contributed by atoms with E-state index in [0.717, 1.165) is 40.1 Å². The zero-order valence-electron chi connectivity index (χ0n) is 14.8. The smallest absolute Gasteiger partial charge is 0.239 e. The lowest BCUT2D eigenvalue weighted by Crippen LogP contribution is -2.32. The number of aromatic nitrogens is 1. The van der Waals surface area contributed by atoms with Crippen LogP contribution in [0.4, 0.5) is 0 Å². The molecule has 0 radical (unpaired) electrons. The summed E-state index contributed by atoms with van der Waals surface area (Å²) in [6.07, 6.45) is 4.93. The molecule has 1 atom stereocenters. The van der Waals surface area contributed by atoms with Gasteiger partial charge in [0.05, 0.1) is 21.2 Å². The van der Waals surface area contributed by atoms with Gasteiger partial charge in [0.1, 0.15) is 5.01 Å². The number of para-hydroxylation sites is 1. The molecule has 1 aliphatic carbocycles. The largest absolute Gasteiger partial charge is 0.239 e. The number of benzene rings is 2. The predicted octanol–water partition coefficient (Wildman–Crippen LogP) is 4.75. The van der Waals surface area contributed by atoms with Crippen LogP contribution < -0.4 is 0 Å². The average molecular weight is 397 g/mol. The molecule has 2 aliphatic rings. The van der Waals surface area contributed by atoms with Gasteiger partial charge in [-0.1, -0.05) is 36.4 Å². The summed E-state index contributed by atoms with van der Waals surface area (Å²) in [6.45, 7) is 0.571. The number of hydrogen-bond acceptors (Lipinski definition) is 4. The van der Waals surface area contributed by atoms with Crippen LogP contribution in [0.1, 0.15) is 41.4 Å². The number of rotatable bonds is 3. The molecule has 2 heterocycles. The number of fused-ring (bicyclic) bond motifs is 2. The summed E-state index contributed by atoms with van der Waals surface area (Å²) >= 11 is 1.61. The lowest BCUT2D eigenvalue weighted by Gasteiger charge is -2.26. The summed E-state index contributed by atoms with van der Waals surface area (Å²) in [7, 11) is -3.48. The van der Waals surface area contributed by atoms with E-state index in [9.17, 15) is 8.42 Å². The summed E-state index contributed by atoms with van der Waals surface area (Å²) in [5, 5.41) is 0.911. The fourth-order valence-electron chi connectivity index (χ4n) is 4.07. The molecule has 0 amide bonds. The number of thiazole rings is 1. The monoisotopic (exact) mass is 396 g/mol. The van der Waals surface area contributed by atoms with Crippen molar-refractivity contribution in [2.45, 2.75) is 31.7 Å². The predicted molar refractivity (Wildman–Crippen MR) is 110 cm³/mol. The van der Waals surface area contributed by atoms with Crippen LogP contribution in [0.25, 0.3) is 16.3 Å². The quantitative estimate of drug-likeness (QED) is 0.642. The highest BCUT2D eigenvalue weighted by Gasteiger charge is 2.39. The molecule has 1 saturated heterocycles. The maximum Gasteiger partial charge on any atom is 0.239 e. The fraction of sp³-hybridized carbons (Fsp3) is 0.286. The molecule has 0 spiro atoms. The first-order chi connectivity index (χ1) is 13.1. The summed E-state index contributed by atoms with van der Waals surface area (Å²) in [6, 6.07) is 15.9. The molecule has 0 unspecified atom stereocenters. The molecule has 6 heteroatoms. The van der Waals surface area contributed by atoms with Crippen LogP contribution in [0.2, 0.25) is 0 Å². The van der Waals surface area contributed by atoms with Crippen molar-refractivity contribution < 1.29 is 8.42 Å². The van der Waals surface area contributed by atoms with Gasteiger partial charge in [0.15, 0.2) is 0 Å². The lowest BCUT2D eigenvalue weighted by atomic mass is 9.98. The molecule has 138 valence electrons. The van der Waals surface area contributed by atoms with E-state index in [0.29, 0.717) is 17.9 Å². The Balaban J connectivity index is 1.52. The Bertz CT molecular complexity index is 1110. The number of nitrogens with zero attached hydrogens (tertiary/aromatic N) is 2. The van der Waals surface area contributed by atoms with Crippen molar-refractivity contribution in [2.24, 2.45) is 0 Å². The number of hydrogen-bond donors (Lipinski definition) is 0. The summed E-state index contributed by atoms with van der Waals surface area (Å²) < 4.78 is 29.7. The van der Waals surface area contributed by atoms with E-state index in [1.54, 1.807) is 15.6 Å². The van der Waals surface area contributed by atoms with Gasteiger partial charge in [0, 0.05) is 6.54 Å². The Morgan fingerprint density at radius 3 is 2.74 bits per heavy atom. The topological polar surface area (TPSA) is 50.3 Å². The molecular weight excluding hydrogens is 376 g/mol. The zero-order valence-corrected chi connectivity index (χ0v) is 16.5. The van der Waals surface area contributed by atoms with E-state index < -0.39 is 10.0 Å². The van der Waals surface area contributed by atoms with Gasteiger partial charge in [-0.15, -0.1) is 11.3 Å². The molecule has 0 N–H and O–H groups in total. The van der Waals surface area contributed by atoms with E-state index in [1.165, 1.54) is 5.56 Å². The van der Waals surface area contributed by atoms with Crippen molar-refractivity contribution in [3.8, 4) is 0 Å². The molecule has 3 aromatic rings. The van der Waals surface area contributed by atoms with Gasteiger partial charge in [-0.05, 0) is 55.0 Å². The van der Waals surface area contributed by atoms with Crippen LogP contribution >= 0.6 is 11.3 Å². The molecule has 4 nitrogen and oxygen atoms in total. The summed E-state index contributed by atoms with van der Waals surface area (Å²) in [4.78, 5) is 5.27. The Morgan fingerprint density at radius 1 is 1.04 bits per heavy atom. The van der Waals surface area contributed by atoms with Crippen molar-refractivity contribution in [1.82, 2.24) is 9.29 Å². The molecule has 2 aromatic carbocycles. The Hall–Kier alpha value is -2.02. The van der Waals surface area contributed by atoms with Crippen molar-refractivity contribution >= 4 is 37.7 Å². The van der Waals surface area contributed by atoms with Crippen molar-refractivity contribution in [1.29, 1.82) is 0 Å². The molecule has 1 aromatic heterocycles. The molecule has 1 aliphatic heterocycles. The second-order valence-electron chi connectivity index (χ2n) is 7.10. The van der Waals surface area contributed by atoms with Crippen LogP contribution in [-0.4, -0.2) is 24.3 Å². The minimum Gasteiger partial charge on any atom is -0.239 e. The first-order valence-corrected chi connectivity index (χ1v) is 11.5. The second kappa shape index (κ2) is 6.55. The minimum atomic E-state index is -3.48. The van der Waals surface area contributed by atoms with E-state index in [-0.39, 0.29) is 6.04 Å². The third-order valence-corrected chi connectivity index (χ3v) is 8.63. The number of aryl methyl sites for hydroxylation is 1. The van der Waals surface area contributed by atoms with Crippen molar-refractivity contribution in [2.75, 3.05) is 6.54 Å². The molecule has 1 fully saturated rings. The molecule has 5 rings (SSSR count). The highest BCUT2D eigenvalue weighted by atomic mass is 32.2. The third kappa shape index (κ3) is 2.92. The Labute approximate surface area is 163 Å². The third-order valence-electron chi connectivity index (χ3n) is 5.45. The van der Waals surface area contributed by atoms with E-state index in [2.05, 4.69) is 6.07 Å². The van der Waals surface area contributed by atoms with Crippen LogP contribution in [0, 0.1) is 0 Å². The maximum absolute atomic E-state index is 13.4. The standard InChI is InChI=1S/C21H20N2O2S2/c24-27(25,17-12-11-15-6-1-2-7-16(15)14-17)23-13-5-9-19(23)21-22-18-8-3-4-10-20(18)26-21/h1-4,6-8,10,14,19H,5,9,11-13H2/t19-/m1/s1. The van der Waals surface area contributed by atoms with Gasteiger partial charge < -0.3 is 0 Å². The Kier molecular flexibility index (Phi) is 4.15. The van der Waals surface area contributed by atoms with E-state index in [1.807, 2.05) is 48.5 Å². The van der Waals surface area contributed by atoms with Gasteiger partial charge in [0.25, 0.3) is 0 Å². The second-order valence-corrected chi connectivity index (χ2v) is 10.1. The normalized spacial score (nSPS) is 20.6. The fourth-order valence-corrected chi connectivity index (χ4v) is 7.10. The minimum absolute atomic E-state index is 0.148. The van der Waals surface area contributed by atoms with E-state index in [4.69, 9.17) is 4.98 Å². The van der Waals surface area contributed by atoms with Crippen LogP contribution in [0.5, 0.6) is 0 Å². The molecule has 27 heavy (non-hydrogen) atoms. The number of allylic oxidation sites excluding steroid dienone is 1. The van der Waals surface area contributed by atoms with Gasteiger partial charge in [0.2, 0.25) is 10.0 Å². The van der Waals surface area contributed by atoms with Crippen molar-refractivity contribution in [3.05, 3.63) is 69.6 Å². The maximum atomic E-state index is 13.4. The SMILES string of the molecule is O=S(=O)(C1=Cc2ccccc2CC1)N1CCC[C@@H]1c1nc2ccccc2s1. The van der Waals surface area contributed by atoms with Crippen LogP contribution in [0.15, 0.2) is 53.4 Å². The Morgan fingerprint density at radius 2 is 1.85 bits per heavy atom. The van der Waals surface area contributed by atoms with Gasteiger partial charge in [-0.2, -0.15) is 4.31 Å². The average Bonchev–Trinajstić information content (AvgIpc) is 3.34. The van der Waals surface area contributed by atoms with Crippen molar-refractivity contribution in [3.63, 3.8) is 0 Å². The highest BCUT2D eigenvalue weighted by molar-refractivity contribution is 7.93. The summed E-state index contributed by atoms with van der Waals surface area (Å²) in [5.74, 6) is 0. The molecule has 0 saturated carbocycles. The highest BCUT2D eigenvalue weighted by Crippen LogP contribution is 2.41. The first kappa shape index (κ1) is 17.1. The number of sulfonamides is 1. The summed E-state index contributed by atoms with van der Waals surface area (Å²) in [5.41, 5.74) is 3.20. The van der Waals surface area contributed by atoms with Crippen LogP contribution in [-0.2, 0) is 16.4 Å². The zero-order chi connectivity index (χ0) is 18.4. The van der Waals surface area contributed by atoms with Gasteiger partial charge >= 0.3 is 0 Å². The van der Waals surface area contributed by atoms with E-state index >= 15 is 0 Å². The van der Waals surface area contributed by atoms with Crippen LogP contribution in [0.3, 0.4) is 0 Å². The first-order valence-electron chi connectivity index (χ1n) is 9.29. The molecular formula is C21H20N2O2S2. The van der Waals surface area contributed by atoms with Gasteiger partial charge in [-0.25, -0.2) is 13.4 Å². The lowest BCUT2D eigenvalue weighted by molar-refractivity contribution is 0.399. The van der Waals surface area contributed by atoms with Gasteiger partial charge in [-0.3, -0.25) is 0 Å².